The Hall–Kier alpha value is -0.120. The predicted molar refractivity (Wildman–Crippen MR) is 92.2 cm³/mol. The molecule has 0 aliphatic heterocycles. The van der Waals surface area contributed by atoms with Crippen molar-refractivity contribution in [3.63, 3.8) is 0 Å². The van der Waals surface area contributed by atoms with Gasteiger partial charge in [-0.25, -0.2) is 0 Å². The van der Waals surface area contributed by atoms with E-state index in [4.69, 9.17) is 14.2 Å². The summed E-state index contributed by atoms with van der Waals surface area (Å²) in [4.78, 5) is 0. The number of ether oxygens (including phenoxy) is 3. The van der Waals surface area contributed by atoms with Crippen LogP contribution < -0.4 is 0 Å². The van der Waals surface area contributed by atoms with E-state index in [9.17, 15) is 0 Å². The van der Waals surface area contributed by atoms with Crippen molar-refractivity contribution in [2.45, 2.75) is 66.4 Å². The van der Waals surface area contributed by atoms with Crippen molar-refractivity contribution in [2.24, 2.45) is 23.7 Å². The fourth-order valence-electron chi connectivity index (χ4n) is 3.25. The maximum absolute atomic E-state index is 6.13. The summed E-state index contributed by atoms with van der Waals surface area (Å²) in [5.74, 6) is 2.86. The zero-order valence-electron chi connectivity index (χ0n) is 15.5. The minimum Gasteiger partial charge on any atom is -0.381 e. The molecular weight excluding hydrogens is 276 g/mol. The Labute approximate surface area is 138 Å². The first kappa shape index (κ1) is 19.9. The summed E-state index contributed by atoms with van der Waals surface area (Å²) in [5, 5.41) is 0. The molecule has 1 saturated carbocycles. The SMILES string of the molecule is CC(C)COCCCOCCOC1CC(C)CCC1C(C)C. The van der Waals surface area contributed by atoms with E-state index in [0.717, 1.165) is 50.6 Å². The summed E-state index contributed by atoms with van der Waals surface area (Å²) < 4.78 is 17.3. The molecule has 22 heavy (non-hydrogen) atoms. The Morgan fingerprint density at radius 1 is 0.909 bits per heavy atom. The zero-order chi connectivity index (χ0) is 16.4. The van der Waals surface area contributed by atoms with Crippen LogP contribution in [-0.2, 0) is 14.2 Å². The van der Waals surface area contributed by atoms with Crippen LogP contribution in [0.2, 0.25) is 0 Å². The van der Waals surface area contributed by atoms with Gasteiger partial charge >= 0.3 is 0 Å². The van der Waals surface area contributed by atoms with Crippen LogP contribution >= 0.6 is 0 Å². The average Bonchev–Trinajstić information content (AvgIpc) is 2.45. The highest BCUT2D eigenvalue weighted by molar-refractivity contribution is 4.81. The highest BCUT2D eigenvalue weighted by Crippen LogP contribution is 2.35. The van der Waals surface area contributed by atoms with Gasteiger partial charge < -0.3 is 14.2 Å². The largest absolute Gasteiger partial charge is 0.381 e. The van der Waals surface area contributed by atoms with Crippen LogP contribution in [-0.4, -0.2) is 39.1 Å². The molecule has 0 spiro atoms. The van der Waals surface area contributed by atoms with E-state index in [0.29, 0.717) is 18.6 Å². The number of hydrogen-bond donors (Lipinski definition) is 0. The lowest BCUT2D eigenvalue weighted by Crippen LogP contribution is -2.35. The Balaban J connectivity index is 2.03. The third kappa shape index (κ3) is 8.50. The second-order valence-electron chi connectivity index (χ2n) is 7.67. The highest BCUT2D eigenvalue weighted by atomic mass is 16.5. The van der Waals surface area contributed by atoms with Gasteiger partial charge in [-0.2, -0.15) is 0 Å². The van der Waals surface area contributed by atoms with E-state index in [1.54, 1.807) is 0 Å². The van der Waals surface area contributed by atoms with Gasteiger partial charge in [0.15, 0.2) is 0 Å². The first-order valence-corrected chi connectivity index (χ1v) is 9.27. The van der Waals surface area contributed by atoms with Crippen LogP contribution in [0.25, 0.3) is 0 Å². The molecule has 0 aromatic heterocycles. The number of rotatable bonds is 11. The summed E-state index contributed by atoms with van der Waals surface area (Å²) in [6, 6.07) is 0. The molecule has 3 nitrogen and oxygen atoms in total. The molecule has 0 saturated heterocycles. The monoisotopic (exact) mass is 314 g/mol. The predicted octanol–water partition coefficient (Wildman–Crippen LogP) is 4.54. The fourth-order valence-corrected chi connectivity index (χ4v) is 3.25. The van der Waals surface area contributed by atoms with Crippen molar-refractivity contribution in [3.8, 4) is 0 Å². The molecule has 0 radical (unpaired) electrons. The maximum Gasteiger partial charge on any atom is 0.0704 e. The molecule has 1 rings (SSSR count). The van der Waals surface area contributed by atoms with Crippen molar-refractivity contribution in [1.82, 2.24) is 0 Å². The minimum absolute atomic E-state index is 0.432. The quantitative estimate of drug-likeness (QED) is 0.524. The topological polar surface area (TPSA) is 27.7 Å². The molecule has 1 aliphatic rings. The fraction of sp³-hybridized carbons (Fsp3) is 1.00. The highest BCUT2D eigenvalue weighted by Gasteiger charge is 2.31. The zero-order valence-corrected chi connectivity index (χ0v) is 15.5. The molecule has 0 aromatic rings. The second-order valence-corrected chi connectivity index (χ2v) is 7.67. The molecule has 3 heteroatoms. The molecule has 1 fully saturated rings. The summed E-state index contributed by atoms with van der Waals surface area (Å²) in [5.41, 5.74) is 0. The van der Waals surface area contributed by atoms with Crippen LogP contribution in [0.4, 0.5) is 0 Å². The first-order chi connectivity index (χ1) is 10.5. The lowest BCUT2D eigenvalue weighted by Gasteiger charge is -2.37. The van der Waals surface area contributed by atoms with E-state index in [1.807, 2.05) is 0 Å². The second kappa shape index (κ2) is 11.4. The third-order valence-electron chi connectivity index (χ3n) is 4.55. The summed E-state index contributed by atoms with van der Waals surface area (Å²) in [6.07, 6.45) is 5.29. The van der Waals surface area contributed by atoms with Gasteiger partial charge in [0.2, 0.25) is 0 Å². The van der Waals surface area contributed by atoms with Gasteiger partial charge in [-0.1, -0.05) is 41.0 Å². The van der Waals surface area contributed by atoms with Gasteiger partial charge in [0.1, 0.15) is 0 Å². The standard InChI is InChI=1S/C19H38O3/c1-15(2)14-21-10-6-9-20-11-12-22-19-13-17(5)7-8-18(19)16(3)4/h15-19H,6-14H2,1-5H3. The Morgan fingerprint density at radius 2 is 1.64 bits per heavy atom. The van der Waals surface area contributed by atoms with E-state index in [2.05, 4.69) is 34.6 Å². The summed E-state index contributed by atoms with van der Waals surface area (Å²) in [6.45, 7) is 15.2. The van der Waals surface area contributed by atoms with Gasteiger partial charge in [0, 0.05) is 19.8 Å². The van der Waals surface area contributed by atoms with Gasteiger partial charge in [-0.05, 0) is 42.9 Å². The van der Waals surface area contributed by atoms with Crippen LogP contribution in [0.3, 0.4) is 0 Å². The molecule has 3 atom stereocenters. The lowest BCUT2D eigenvalue weighted by molar-refractivity contribution is -0.0593. The molecule has 3 unspecified atom stereocenters. The van der Waals surface area contributed by atoms with Crippen molar-refractivity contribution >= 4 is 0 Å². The molecule has 1 aliphatic carbocycles. The number of hydrogen-bond acceptors (Lipinski definition) is 3. The van der Waals surface area contributed by atoms with Gasteiger partial charge in [0.25, 0.3) is 0 Å². The Bertz CT molecular complexity index is 265. The summed E-state index contributed by atoms with van der Waals surface area (Å²) in [7, 11) is 0. The maximum atomic E-state index is 6.13. The smallest absolute Gasteiger partial charge is 0.0704 e. The Morgan fingerprint density at radius 3 is 2.32 bits per heavy atom. The molecule has 0 amide bonds. The van der Waals surface area contributed by atoms with E-state index >= 15 is 0 Å². The van der Waals surface area contributed by atoms with Crippen LogP contribution in [0.5, 0.6) is 0 Å². The molecule has 0 heterocycles. The van der Waals surface area contributed by atoms with Gasteiger partial charge in [-0.15, -0.1) is 0 Å². The van der Waals surface area contributed by atoms with Crippen LogP contribution in [0, 0.1) is 23.7 Å². The van der Waals surface area contributed by atoms with Crippen molar-refractivity contribution < 1.29 is 14.2 Å². The normalized spacial score (nSPS) is 26.0. The van der Waals surface area contributed by atoms with Crippen molar-refractivity contribution in [2.75, 3.05) is 33.0 Å². The van der Waals surface area contributed by atoms with E-state index in [-0.39, 0.29) is 0 Å². The van der Waals surface area contributed by atoms with Crippen molar-refractivity contribution in [3.05, 3.63) is 0 Å². The molecule has 0 N–H and O–H groups in total. The van der Waals surface area contributed by atoms with Crippen LogP contribution in [0.15, 0.2) is 0 Å². The first-order valence-electron chi connectivity index (χ1n) is 9.27. The molecule has 0 bridgehead atoms. The van der Waals surface area contributed by atoms with Crippen LogP contribution in [0.1, 0.15) is 60.3 Å². The summed E-state index contributed by atoms with van der Waals surface area (Å²) >= 11 is 0. The molecule has 0 aromatic carbocycles. The van der Waals surface area contributed by atoms with E-state index < -0.39 is 0 Å². The average molecular weight is 315 g/mol. The molecular formula is C19H38O3. The molecule has 132 valence electrons. The van der Waals surface area contributed by atoms with Crippen molar-refractivity contribution in [1.29, 1.82) is 0 Å². The minimum atomic E-state index is 0.432. The van der Waals surface area contributed by atoms with Gasteiger partial charge in [-0.3, -0.25) is 0 Å². The lowest BCUT2D eigenvalue weighted by atomic mass is 9.75. The Kier molecular flexibility index (Phi) is 10.3. The van der Waals surface area contributed by atoms with E-state index in [1.165, 1.54) is 19.3 Å². The van der Waals surface area contributed by atoms with Gasteiger partial charge in [0.05, 0.1) is 19.3 Å². The third-order valence-corrected chi connectivity index (χ3v) is 4.55.